The summed E-state index contributed by atoms with van der Waals surface area (Å²) in [6.45, 7) is 3.74. The molecule has 3 unspecified atom stereocenters. The highest BCUT2D eigenvalue weighted by molar-refractivity contribution is 5.83. The Hall–Kier alpha value is -1.65. The van der Waals surface area contributed by atoms with Gasteiger partial charge in [-0.1, -0.05) is 12.1 Å². The van der Waals surface area contributed by atoms with E-state index < -0.39 is 16.0 Å². The Morgan fingerprint density at radius 1 is 1.38 bits per heavy atom. The number of hydrogen-bond donors (Lipinski definition) is 1. The average Bonchev–Trinajstić information content (AvgIpc) is 2.81. The van der Waals surface area contributed by atoms with Gasteiger partial charge < -0.3 is 14.5 Å². The highest BCUT2D eigenvalue weighted by atomic mass is 35.7. The lowest BCUT2D eigenvalue weighted by Gasteiger charge is -2.46. The van der Waals surface area contributed by atoms with Gasteiger partial charge in [-0.3, -0.25) is 4.79 Å². The molecular weight excluding hydrogens is 371 g/mol. The zero-order valence-corrected chi connectivity index (χ0v) is 15.5. The fourth-order valence-corrected chi connectivity index (χ4v) is 3.58. The van der Waals surface area contributed by atoms with Crippen molar-refractivity contribution >= 4 is 17.3 Å². The summed E-state index contributed by atoms with van der Waals surface area (Å²) < 4.78 is 53.0. The molecule has 0 spiro atoms. The van der Waals surface area contributed by atoms with E-state index in [9.17, 15) is 4.79 Å². The number of carbonyl (C=O) groups is 1. The van der Waals surface area contributed by atoms with E-state index in [1.807, 2.05) is 36.2 Å². The van der Waals surface area contributed by atoms with E-state index in [0.29, 0.717) is 19.4 Å². The summed E-state index contributed by atoms with van der Waals surface area (Å²) in [6, 6.07) is 7.71. The van der Waals surface area contributed by atoms with Crippen LogP contribution in [-0.2, 0) is 9.53 Å². The first kappa shape index (κ1) is 20.7. The van der Waals surface area contributed by atoms with Gasteiger partial charge in [0.25, 0.3) is 0 Å². The van der Waals surface area contributed by atoms with Crippen LogP contribution in [0.3, 0.4) is 0 Å². The topological polar surface area (TPSA) is 122 Å². The molecule has 1 aromatic carbocycles. The second kappa shape index (κ2) is 7.53. The van der Waals surface area contributed by atoms with Crippen molar-refractivity contribution in [3.8, 4) is 0 Å². The van der Waals surface area contributed by atoms with Gasteiger partial charge in [-0.15, -0.1) is 0 Å². The van der Waals surface area contributed by atoms with Gasteiger partial charge in [0.05, 0.1) is 38.8 Å². The fourth-order valence-electron chi connectivity index (χ4n) is 3.58. The first-order valence-corrected chi connectivity index (χ1v) is 9.33. The third-order valence-corrected chi connectivity index (χ3v) is 4.55. The molecule has 0 aliphatic carbocycles. The van der Waals surface area contributed by atoms with Crippen LogP contribution in [0, 0.1) is 16.2 Å². The van der Waals surface area contributed by atoms with Gasteiger partial charge in [-0.05, 0) is 32.4 Å². The maximum Gasteiger partial charge on any atom is 0.312 e. The maximum absolute atomic E-state index is 15.0. The van der Waals surface area contributed by atoms with Crippen LogP contribution in [0.1, 0.15) is 26.7 Å². The highest BCUT2D eigenvalue weighted by Gasteiger charge is 2.53. The molecule has 3 rings (SSSR count). The van der Waals surface area contributed by atoms with Crippen molar-refractivity contribution in [1.82, 2.24) is 0 Å². The van der Waals surface area contributed by atoms with Crippen LogP contribution in [-0.4, -0.2) is 36.2 Å². The molecule has 3 atom stereocenters. The monoisotopic (exact) mass is 392 g/mol. The average molecular weight is 393 g/mol. The zero-order chi connectivity index (χ0) is 19.7. The summed E-state index contributed by atoms with van der Waals surface area (Å²) in [4.78, 5) is 16.0. The van der Waals surface area contributed by atoms with Gasteiger partial charge in [-0.25, -0.2) is 4.39 Å². The first-order valence-electron chi connectivity index (χ1n) is 8.07. The largest absolute Gasteiger partial charge is 0.466 e. The summed E-state index contributed by atoms with van der Waals surface area (Å²) in [5.74, 6) is -2.01. The molecule has 146 valence electrons. The molecule has 1 aromatic rings. The third-order valence-electron chi connectivity index (χ3n) is 4.55. The summed E-state index contributed by atoms with van der Waals surface area (Å²) in [6.07, 6.45) is 0.519. The van der Waals surface area contributed by atoms with Crippen LogP contribution in [0.15, 0.2) is 24.3 Å². The van der Waals surface area contributed by atoms with Crippen molar-refractivity contribution in [2.24, 2.45) is 5.92 Å². The number of ether oxygens (including phenoxy) is 1. The molecule has 0 radical (unpaired) electrons. The second-order valence-electron chi connectivity index (χ2n) is 6.32. The maximum atomic E-state index is 15.0. The third kappa shape index (κ3) is 4.36. The number of hydrogen-bond acceptors (Lipinski definition) is 8. The van der Waals surface area contributed by atoms with E-state index in [4.69, 9.17) is 23.4 Å². The number of fused-ring (bicyclic) bond motifs is 3. The number of para-hydroxylation sites is 2. The molecule has 0 aromatic heterocycles. The van der Waals surface area contributed by atoms with E-state index in [0.717, 1.165) is 11.4 Å². The first-order chi connectivity index (χ1) is 12.0. The molecule has 1 fully saturated rings. The van der Waals surface area contributed by atoms with Crippen molar-refractivity contribution in [2.45, 2.75) is 38.6 Å². The Bertz CT molecular complexity index is 648. The van der Waals surface area contributed by atoms with Crippen LogP contribution < -0.4 is 23.8 Å². The lowest BCUT2D eigenvalue weighted by molar-refractivity contribution is -1.92. The summed E-state index contributed by atoms with van der Waals surface area (Å²) in [7, 11) is -2.78. The molecule has 0 bridgehead atoms. The lowest BCUT2D eigenvalue weighted by atomic mass is 9.89. The number of benzene rings is 1. The predicted octanol–water partition coefficient (Wildman–Crippen LogP) is -1.20. The predicted molar refractivity (Wildman–Crippen MR) is 82.2 cm³/mol. The Balaban J connectivity index is 0.000000431. The van der Waals surface area contributed by atoms with Crippen LogP contribution in [0.2, 0.25) is 0 Å². The minimum atomic E-state index is -4.69. The van der Waals surface area contributed by atoms with Crippen molar-refractivity contribution in [3.63, 3.8) is 0 Å². The number of piperidine rings is 1. The number of carbonyl (C=O) groups excluding carboxylic acids is 1. The minimum Gasteiger partial charge on any atom is -0.466 e. The Kier molecular flexibility index (Phi) is 5.99. The standard InChI is InChI=1S/C16H21FN2O2.ClHO4/c1-4-21-15(20)11-9-10-16(2,17)19-13-8-6-5-7-12(13)18(3)14(11)19;2-1(3,4)5/h5-8,11,14H,4,9-10H2,1-3H3;(H,2,3,4,5). The Morgan fingerprint density at radius 2 is 1.92 bits per heavy atom. The van der Waals surface area contributed by atoms with E-state index in [-0.39, 0.29) is 18.1 Å². The van der Waals surface area contributed by atoms with E-state index >= 15 is 4.39 Å². The summed E-state index contributed by atoms with van der Waals surface area (Å²) >= 11 is 0. The number of rotatable bonds is 2. The van der Waals surface area contributed by atoms with Gasteiger partial charge >= 0.3 is 5.97 Å². The summed E-state index contributed by atoms with van der Waals surface area (Å²) in [5, 5.41) is 0. The van der Waals surface area contributed by atoms with Gasteiger partial charge in [0.1, 0.15) is 6.17 Å². The van der Waals surface area contributed by atoms with Gasteiger partial charge in [0.15, 0.2) is 5.79 Å². The van der Waals surface area contributed by atoms with E-state index in [1.165, 1.54) is 0 Å². The van der Waals surface area contributed by atoms with Gasteiger partial charge in [0.2, 0.25) is 0 Å². The second-order valence-corrected chi connectivity index (χ2v) is 7.11. The number of alkyl halides is 1. The van der Waals surface area contributed by atoms with E-state index in [1.54, 1.807) is 18.7 Å². The lowest BCUT2D eigenvalue weighted by Crippen LogP contribution is -2.60. The van der Waals surface area contributed by atoms with Crippen LogP contribution in [0.25, 0.3) is 0 Å². The molecule has 1 N–H and O–H groups in total. The molecule has 1 saturated heterocycles. The molecular formula is C16H22ClFN2O6. The van der Waals surface area contributed by atoms with Crippen molar-refractivity contribution in [3.05, 3.63) is 24.3 Å². The molecule has 10 heteroatoms. The van der Waals surface area contributed by atoms with Crippen LogP contribution in [0.4, 0.5) is 15.8 Å². The number of esters is 1. The van der Waals surface area contributed by atoms with Crippen molar-refractivity contribution in [1.29, 1.82) is 0 Å². The Morgan fingerprint density at radius 3 is 2.46 bits per heavy atom. The molecule has 8 nitrogen and oxygen atoms in total. The molecule has 2 heterocycles. The smallest absolute Gasteiger partial charge is 0.312 e. The number of anilines is 2. The van der Waals surface area contributed by atoms with Crippen molar-refractivity contribution < 1.29 is 42.8 Å². The van der Waals surface area contributed by atoms with E-state index in [2.05, 4.69) is 0 Å². The zero-order valence-electron chi connectivity index (χ0n) is 14.7. The number of nitrogens with zero attached hydrogens (tertiary/aromatic N) is 2. The highest BCUT2D eigenvalue weighted by Crippen LogP contribution is 2.50. The SMILES string of the molecule is CCOC(=O)C1CCC(C)(F)N2c3ccccc3N(C)C12.[O-][Cl+3]([O-])([O-])O. The summed E-state index contributed by atoms with van der Waals surface area (Å²) in [5.41, 5.74) is 1.81. The molecule has 2 aliphatic rings. The van der Waals surface area contributed by atoms with Crippen molar-refractivity contribution in [2.75, 3.05) is 23.5 Å². The molecule has 0 saturated carbocycles. The van der Waals surface area contributed by atoms with Crippen LogP contribution in [0.5, 0.6) is 0 Å². The normalized spacial score (nSPS) is 27.2. The molecule has 26 heavy (non-hydrogen) atoms. The molecule has 0 amide bonds. The van der Waals surface area contributed by atoms with Crippen LogP contribution >= 0.6 is 0 Å². The van der Waals surface area contributed by atoms with Gasteiger partial charge in [0, 0.05) is 13.5 Å². The fraction of sp³-hybridized carbons (Fsp3) is 0.562. The number of halogens is 2. The minimum absolute atomic E-state index is 0.234. The quantitative estimate of drug-likeness (QED) is 0.492. The molecule has 2 aliphatic heterocycles. The van der Waals surface area contributed by atoms with Gasteiger partial charge in [-0.2, -0.15) is 14.0 Å². The Labute approximate surface area is 153 Å².